The molecule has 4 rings (SSSR count). The van der Waals surface area contributed by atoms with Gasteiger partial charge in [0.05, 0.1) is 26.9 Å². The van der Waals surface area contributed by atoms with Crippen molar-refractivity contribution in [2.45, 2.75) is 53.9 Å². The second-order valence-corrected chi connectivity index (χ2v) is 13.7. The molecule has 0 aliphatic carbocycles. The van der Waals surface area contributed by atoms with Crippen LogP contribution in [0.25, 0.3) is 22.3 Å². The Morgan fingerprint density at radius 1 is 0.682 bits per heavy atom. The van der Waals surface area contributed by atoms with Gasteiger partial charge in [-0.05, 0) is 71.3 Å². The van der Waals surface area contributed by atoms with Crippen molar-refractivity contribution in [3.05, 3.63) is 95.6 Å². The lowest BCUT2D eigenvalue weighted by atomic mass is 10.0. The molecule has 0 aliphatic heterocycles. The van der Waals surface area contributed by atoms with Crippen LogP contribution < -0.4 is 9.47 Å². The van der Waals surface area contributed by atoms with Crippen LogP contribution in [0.1, 0.15) is 43.6 Å². The number of alkyl halides is 1. The minimum atomic E-state index is -0.409. The van der Waals surface area contributed by atoms with Crippen molar-refractivity contribution in [3.63, 3.8) is 0 Å². The second kappa shape index (κ2) is 16.8. The van der Waals surface area contributed by atoms with Crippen molar-refractivity contribution in [2.75, 3.05) is 21.3 Å². The molecule has 0 radical (unpaired) electrons. The molecule has 0 heterocycles. The summed E-state index contributed by atoms with van der Waals surface area (Å²) in [5.41, 5.74) is 4.09. The fourth-order valence-corrected chi connectivity index (χ4v) is 6.45. The maximum Gasteiger partial charge on any atom is 0.337 e. The topological polar surface area (TPSA) is 44.8 Å². The molecule has 0 atom stereocenters. The third-order valence-corrected chi connectivity index (χ3v) is 8.69. The Kier molecular flexibility index (Phi) is 13.4. The molecule has 0 N–H and O–H groups in total. The van der Waals surface area contributed by atoms with Crippen LogP contribution >= 0.6 is 35.1 Å². The number of thioether (sulfide) groups is 2. The first-order valence-corrected chi connectivity index (χ1v) is 16.2. The Hall–Kier alpha value is -3.20. The molecule has 0 aromatic heterocycles. The first-order chi connectivity index (χ1) is 21.0. The molecule has 44 heavy (non-hydrogen) atoms. The molecule has 0 aliphatic rings. The van der Waals surface area contributed by atoms with E-state index in [1.807, 2.05) is 32.0 Å². The van der Waals surface area contributed by atoms with Gasteiger partial charge in [-0.3, -0.25) is 0 Å². The van der Waals surface area contributed by atoms with Gasteiger partial charge in [0, 0.05) is 37.3 Å². The van der Waals surface area contributed by atoms with Crippen molar-refractivity contribution < 1.29 is 27.8 Å². The van der Waals surface area contributed by atoms with E-state index in [0.29, 0.717) is 39.3 Å². The SMILES string of the molecule is COC(=O)c1ccc(-c2cc(OC)ccc2F)c(SC(C)C)c1.COc1ccc(F)c(-c2ccc(CCl)cc2SC(C)C)c1. The number of rotatable bonds is 10. The maximum atomic E-state index is 14.3. The highest BCUT2D eigenvalue weighted by atomic mass is 35.5. The molecule has 0 saturated heterocycles. The highest BCUT2D eigenvalue weighted by Crippen LogP contribution is 2.38. The fourth-order valence-electron chi connectivity index (χ4n) is 4.24. The van der Waals surface area contributed by atoms with E-state index in [1.165, 1.54) is 19.2 Å². The molecule has 234 valence electrons. The van der Waals surface area contributed by atoms with E-state index in [9.17, 15) is 13.6 Å². The minimum absolute atomic E-state index is 0.250. The fraction of sp³-hybridized carbons (Fsp3) is 0.286. The number of hydrogen-bond donors (Lipinski definition) is 0. The third-order valence-electron chi connectivity index (χ3n) is 6.26. The Bertz CT molecular complexity index is 1580. The highest BCUT2D eigenvalue weighted by molar-refractivity contribution is 8.00. The molecular formula is C35H37ClF2O4S2. The second-order valence-electron chi connectivity index (χ2n) is 10.2. The number of ether oxygens (including phenoxy) is 3. The van der Waals surface area contributed by atoms with Crippen LogP contribution in [-0.2, 0) is 10.6 Å². The molecule has 4 nitrogen and oxygen atoms in total. The van der Waals surface area contributed by atoms with Crippen LogP contribution in [0.4, 0.5) is 8.78 Å². The standard InChI is InChI=1S/C18H19FO3S.C17H18ClFOS/c1-11(2)23-17-9-12(18(20)22-4)5-7-14(17)15-10-13(21-3)6-8-16(15)19;1-11(2)21-17-8-12(10-18)4-6-14(17)15-9-13(20-3)5-7-16(15)19/h5-11H,1-4H3;4-9,11H,10H2,1-3H3. The van der Waals surface area contributed by atoms with Crippen LogP contribution in [0.5, 0.6) is 11.5 Å². The van der Waals surface area contributed by atoms with E-state index in [-0.39, 0.29) is 16.9 Å². The zero-order valence-corrected chi connectivity index (χ0v) is 28.3. The van der Waals surface area contributed by atoms with Gasteiger partial charge < -0.3 is 14.2 Å². The van der Waals surface area contributed by atoms with Crippen molar-refractivity contribution in [1.82, 2.24) is 0 Å². The minimum Gasteiger partial charge on any atom is -0.497 e. The zero-order chi connectivity index (χ0) is 32.4. The van der Waals surface area contributed by atoms with Crippen molar-refractivity contribution in [2.24, 2.45) is 0 Å². The molecule has 0 amide bonds. The molecule has 0 unspecified atom stereocenters. The average molecular weight is 659 g/mol. The summed E-state index contributed by atoms with van der Waals surface area (Å²) in [5.74, 6) is 0.690. The van der Waals surface area contributed by atoms with E-state index in [1.54, 1.807) is 80.2 Å². The summed E-state index contributed by atoms with van der Waals surface area (Å²) >= 11 is 9.18. The molecule has 0 fully saturated rings. The molecule has 4 aromatic rings. The molecule has 9 heteroatoms. The van der Waals surface area contributed by atoms with Gasteiger partial charge in [0.15, 0.2) is 0 Å². The van der Waals surface area contributed by atoms with Crippen LogP contribution in [0, 0.1) is 11.6 Å². The number of carbonyl (C=O) groups excluding carboxylic acids is 1. The van der Waals surface area contributed by atoms with Crippen molar-refractivity contribution >= 4 is 41.1 Å². The smallest absolute Gasteiger partial charge is 0.337 e. The molecule has 0 bridgehead atoms. The molecular weight excluding hydrogens is 622 g/mol. The number of hydrogen-bond acceptors (Lipinski definition) is 6. The summed E-state index contributed by atoms with van der Waals surface area (Å²) in [7, 11) is 4.46. The van der Waals surface area contributed by atoms with E-state index in [4.69, 9.17) is 25.8 Å². The first-order valence-electron chi connectivity index (χ1n) is 13.9. The van der Waals surface area contributed by atoms with Gasteiger partial charge in [0.25, 0.3) is 0 Å². The number of methoxy groups -OCH3 is 3. The van der Waals surface area contributed by atoms with Crippen LogP contribution in [0.3, 0.4) is 0 Å². The summed E-state index contributed by atoms with van der Waals surface area (Å²) < 4.78 is 43.6. The molecule has 4 aromatic carbocycles. The van der Waals surface area contributed by atoms with E-state index in [2.05, 4.69) is 13.8 Å². The molecule has 0 spiro atoms. The van der Waals surface area contributed by atoms with Gasteiger partial charge in [-0.15, -0.1) is 35.1 Å². The molecule has 0 saturated carbocycles. The average Bonchev–Trinajstić information content (AvgIpc) is 3.01. The lowest BCUT2D eigenvalue weighted by Gasteiger charge is -2.14. The summed E-state index contributed by atoms with van der Waals surface area (Å²) in [6.07, 6.45) is 0. The van der Waals surface area contributed by atoms with Gasteiger partial charge in [-0.25, -0.2) is 13.6 Å². The largest absolute Gasteiger partial charge is 0.497 e. The van der Waals surface area contributed by atoms with Gasteiger partial charge in [-0.2, -0.15) is 0 Å². The van der Waals surface area contributed by atoms with Crippen LogP contribution in [-0.4, -0.2) is 37.8 Å². The third kappa shape index (κ3) is 9.40. The lowest BCUT2D eigenvalue weighted by molar-refractivity contribution is 0.0600. The predicted octanol–water partition coefficient (Wildman–Crippen LogP) is 10.5. The van der Waals surface area contributed by atoms with Crippen LogP contribution in [0.2, 0.25) is 0 Å². The summed E-state index contributed by atoms with van der Waals surface area (Å²) in [6.45, 7) is 8.32. The number of esters is 1. The predicted molar refractivity (Wildman–Crippen MR) is 180 cm³/mol. The summed E-state index contributed by atoms with van der Waals surface area (Å²) in [6, 6.07) is 20.4. The first kappa shape index (κ1) is 35.3. The van der Waals surface area contributed by atoms with E-state index in [0.717, 1.165) is 26.5 Å². The number of benzene rings is 4. The Balaban J connectivity index is 0.000000241. The van der Waals surface area contributed by atoms with Gasteiger partial charge in [0.1, 0.15) is 23.1 Å². The quantitative estimate of drug-likeness (QED) is 0.0960. The van der Waals surface area contributed by atoms with Gasteiger partial charge >= 0.3 is 5.97 Å². The number of carbonyl (C=O) groups is 1. The Morgan fingerprint density at radius 3 is 1.59 bits per heavy atom. The normalized spacial score (nSPS) is 10.8. The van der Waals surface area contributed by atoms with Crippen LogP contribution in [0.15, 0.2) is 82.6 Å². The van der Waals surface area contributed by atoms with Crippen molar-refractivity contribution in [3.8, 4) is 33.8 Å². The van der Waals surface area contributed by atoms with Gasteiger partial charge in [-0.1, -0.05) is 45.9 Å². The summed E-state index contributed by atoms with van der Waals surface area (Å²) in [4.78, 5) is 13.6. The van der Waals surface area contributed by atoms with E-state index >= 15 is 0 Å². The monoisotopic (exact) mass is 658 g/mol. The zero-order valence-electron chi connectivity index (χ0n) is 25.9. The maximum absolute atomic E-state index is 14.3. The Morgan fingerprint density at radius 2 is 1.16 bits per heavy atom. The summed E-state index contributed by atoms with van der Waals surface area (Å²) in [5, 5.41) is 0.693. The van der Waals surface area contributed by atoms with Gasteiger partial charge in [0.2, 0.25) is 0 Å². The lowest BCUT2D eigenvalue weighted by Crippen LogP contribution is -2.02. The Labute approximate surface area is 272 Å². The highest BCUT2D eigenvalue weighted by Gasteiger charge is 2.17. The van der Waals surface area contributed by atoms with E-state index < -0.39 is 5.97 Å². The van der Waals surface area contributed by atoms with Crippen molar-refractivity contribution in [1.29, 1.82) is 0 Å². The number of halogens is 3.